The van der Waals surface area contributed by atoms with E-state index >= 15 is 0 Å². The molecule has 0 aliphatic carbocycles. The number of amidine groups is 2. The van der Waals surface area contributed by atoms with Crippen LogP contribution in [-0.2, 0) is 4.79 Å². The van der Waals surface area contributed by atoms with E-state index in [1.54, 1.807) is 30.4 Å². The third-order valence-electron chi connectivity index (χ3n) is 4.10. The SMILES string of the molecule is C=CCOc1ccc(Cl)cc1C=C1C(=N)N2N=C(c3ccccc3)SC2=NC1=O. The Kier molecular flexibility index (Phi) is 5.33. The first-order valence-corrected chi connectivity index (χ1v) is 9.85. The topological polar surface area (TPSA) is 78.1 Å². The lowest BCUT2D eigenvalue weighted by atomic mass is 10.1. The quantitative estimate of drug-likeness (QED) is 0.565. The third-order valence-corrected chi connectivity index (χ3v) is 5.30. The van der Waals surface area contributed by atoms with Crippen LogP contribution >= 0.6 is 23.4 Å². The molecule has 4 rings (SSSR count). The highest BCUT2D eigenvalue weighted by atomic mass is 35.5. The molecule has 29 heavy (non-hydrogen) atoms. The minimum absolute atomic E-state index is 0.0481. The Bertz CT molecular complexity index is 1110. The number of carbonyl (C=O) groups excluding carboxylic acids is 1. The van der Waals surface area contributed by atoms with E-state index in [4.69, 9.17) is 21.7 Å². The zero-order valence-corrected chi connectivity index (χ0v) is 16.7. The van der Waals surface area contributed by atoms with Gasteiger partial charge in [0.2, 0.25) is 5.17 Å². The number of halogens is 1. The molecule has 0 spiro atoms. The molecule has 2 aromatic rings. The van der Waals surface area contributed by atoms with E-state index in [1.807, 2.05) is 30.3 Å². The number of hydrazone groups is 1. The van der Waals surface area contributed by atoms with Crippen molar-refractivity contribution in [3.05, 3.63) is 82.9 Å². The summed E-state index contributed by atoms with van der Waals surface area (Å²) in [6.07, 6.45) is 3.17. The standard InChI is InChI=1S/C21H15ClN4O2S/c1-2-10-28-17-9-8-15(22)11-14(17)12-16-18(23)26-21(24-19(16)27)29-20(25-26)13-6-4-3-5-7-13/h2-9,11-12,23H,1,10H2. The van der Waals surface area contributed by atoms with Crippen molar-refractivity contribution in [2.24, 2.45) is 10.1 Å². The fraction of sp³-hybridized carbons (Fsp3) is 0.0476. The van der Waals surface area contributed by atoms with Crippen molar-refractivity contribution in [3.63, 3.8) is 0 Å². The number of rotatable bonds is 5. The van der Waals surface area contributed by atoms with Gasteiger partial charge in [-0.15, -0.1) is 0 Å². The average Bonchev–Trinajstić information content (AvgIpc) is 3.15. The lowest BCUT2D eigenvalue weighted by Crippen LogP contribution is -2.35. The van der Waals surface area contributed by atoms with Gasteiger partial charge in [0.1, 0.15) is 17.4 Å². The molecule has 0 saturated heterocycles. The van der Waals surface area contributed by atoms with Crippen molar-refractivity contribution in [2.45, 2.75) is 0 Å². The Morgan fingerprint density at radius 3 is 2.79 bits per heavy atom. The van der Waals surface area contributed by atoms with Gasteiger partial charge in [-0.25, -0.2) is 0 Å². The van der Waals surface area contributed by atoms with Crippen LogP contribution < -0.4 is 4.74 Å². The molecular weight excluding hydrogens is 408 g/mol. The summed E-state index contributed by atoms with van der Waals surface area (Å²) in [6, 6.07) is 14.6. The van der Waals surface area contributed by atoms with E-state index in [2.05, 4.69) is 16.7 Å². The molecule has 0 unspecified atom stereocenters. The number of carbonyl (C=O) groups is 1. The summed E-state index contributed by atoms with van der Waals surface area (Å²) >= 11 is 7.37. The molecule has 1 N–H and O–H groups in total. The number of benzene rings is 2. The van der Waals surface area contributed by atoms with Crippen LogP contribution in [0.3, 0.4) is 0 Å². The number of fused-ring (bicyclic) bond motifs is 1. The monoisotopic (exact) mass is 422 g/mol. The minimum atomic E-state index is -0.507. The second-order valence-corrected chi connectivity index (χ2v) is 7.47. The lowest BCUT2D eigenvalue weighted by molar-refractivity contribution is -0.114. The fourth-order valence-electron chi connectivity index (χ4n) is 2.76. The van der Waals surface area contributed by atoms with Gasteiger partial charge >= 0.3 is 0 Å². The third kappa shape index (κ3) is 3.87. The zero-order chi connectivity index (χ0) is 20.4. The summed E-state index contributed by atoms with van der Waals surface area (Å²) in [5, 5.41) is 15.9. The molecule has 0 fully saturated rings. The Morgan fingerprint density at radius 2 is 2.03 bits per heavy atom. The first-order valence-electron chi connectivity index (χ1n) is 8.65. The Hall–Kier alpha value is -3.16. The van der Waals surface area contributed by atoms with Crippen LogP contribution in [0.5, 0.6) is 5.75 Å². The fourth-order valence-corrected chi connectivity index (χ4v) is 3.83. The number of thioether (sulfide) groups is 1. The maximum atomic E-state index is 12.6. The number of hydrogen-bond donors (Lipinski definition) is 1. The Labute approximate surface area is 176 Å². The van der Waals surface area contributed by atoms with E-state index in [0.717, 1.165) is 5.56 Å². The van der Waals surface area contributed by atoms with Crippen LogP contribution in [-0.4, -0.2) is 33.6 Å². The van der Waals surface area contributed by atoms with Crippen LogP contribution in [0.15, 0.2) is 76.9 Å². The Morgan fingerprint density at radius 1 is 1.24 bits per heavy atom. The summed E-state index contributed by atoms with van der Waals surface area (Å²) in [5.74, 6) is -0.0255. The van der Waals surface area contributed by atoms with Gasteiger partial charge in [0.05, 0.1) is 5.57 Å². The van der Waals surface area contributed by atoms with Crippen molar-refractivity contribution in [1.29, 1.82) is 5.41 Å². The number of ether oxygens (including phenoxy) is 1. The van der Waals surface area contributed by atoms with Crippen molar-refractivity contribution < 1.29 is 9.53 Å². The average molecular weight is 423 g/mol. The van der Waals surface area contributed by atoms with Crippen LogP contribution in [0.2, 0.25) is 5.02 Å². The van der Waals surface area contributed by atoms with Crippen LogP contribution in [0.25, 0.3) is 6.08 Å². The van der Waals surface area contributed by atoms with Crippen molar-refractivity contribution >= 4 is 51.4 Å². The maximum absolute atomic E-state index is 12.6. The molecule has 1 amide bonds. The smallest absolute Gasteiger partial charge is 0.283 e. The minimum Gasteiger partial charge on any atom is -0.489 e. The summed E-state index contributed by atoms with van der Waals surface area (Å²) in [5.41, 5.74) is 1.58. The lowest BCUT2D eigenvalue weighted by Gasteiger charge is -2.20. The predicted molar refractivity (Wildman–Crippen MR) is 118 cm³/mol. The van der Waals surface area contributed by atoms with E-state index in [-0.39, 0.29) is 11.4 Å². The summed E-state index contributed by atoms with van der Waals surface area (Å²) in [4.78, 5) is 16.7. The van der Waals surface area contributed by atoms with Gasteiger partial charge < -0.3 is 4.74 Å². The van der Waals surface area contributed by atoms with E-state index in [1.165, 1.54) is 16.8 Å². The number of nitrogens with one attached hydrogen (secondary N) is 1. The van der Waals surface area contributed by atoms with E-state index in [9.17, 15) is 4.79 Å². The summed E-state index contributed by atoms with van der Waals surface area (Å²) in [6.45, 7) is 3.94. The van der Waals surface area contributed by atoms with Gasteiger partial charge in [-0.3, -0.25) is 10.2 Å². The molecule has 0 aromatic heterocycles. The van der Waals surface area contributed by atoms with Gasteiger partial charge in [0.25, 0.3) is 5.91 Å². The summed E-state index contributed by atoms with van der Waals surface area (Å²) in [7, 11) is 0. The number of amides is 1. The van der Waals surface area contributed by atoms with Gasteiger partial charge in [-0.2, -0.15) is 15.1 Å². The molecule has 2 heterocycles. The molecule has 0 radical (unpaired) electrons. The first kappa shape index (κ1) is 19.2. The van der Waals surface area contributed by atoms with Gasteiger partial charge in [-0.05, 0) is 36.0 Å². The maximum Gasteiger partial charge on any atom is 0.283 e. The number of hydrogen-bond acceptors (Lipinski definition) is 5. The van der Waals surface area contributed by atoms with E-state index < -0.39 is 5.91 Å². The molecule has 144 valence electrons. The van der Waals surface area contributed by atoms with Crippen molar-refractivity contribution in [2.75, 3.05) is 6.61 Å². The largest absolute Gasteiger partial charge is 0.489 e. The molecule has 0 bridgehead atoms. The first-order chi connectivity index (χ1) is 14.1. The molecular formula is C21H15ClN4O2S. The Balaban J connectivity index is 1.70. The molecule has 8 heteroatoms. The second-order valence-electron chi connectivity index (χ2n) is 6.07. The van der Waals surface area contributed by atoms with E-state index in [0.29, 0.717) is 33.2 Å². The molecule has 2 aromatic carbocycles. The predicted octanol–water partition coefficient (Wildman–Crippen LogP) is 4.57. The molecule has 0 saturated carbocycles. The normalized spacial score (nSPS) is 17.1. The van der Waals surface area contributed by atoms with Crippen LogP contribution in [0.4, 0.5) is 0 Å². The van der Waals surface area contributed by atoms with Crippen LogP contribution in [0.1, 0.15) is 11.1 Å². The van der Waals surface area contributed by atoms with Crippen molar-refractivity contribution in [1.82, 2.24) is 5.01 Å². The number of nitrogens with zero attached hydrogens (tertiary/aromatic N) is 3. The molecule has 0 atom stereocenters. The van der Waals surface area contributed by atoms with Gasteiger partial charge in [-0.1, -0.05) is 54.6 Å². The molecule has 2 aliphatic rings. The highest BCUT2D eigenvalue weighted by Crippen LogP contribution is 2.32. The highest BCUT2D eigenvalue weighted by Gasteiger charge is 2.36. The number of aliphatic imine (C=N–C) groups is 1. The van der Waals surface area contributed by atoms with Gasteiger partial charge in [0, 0.05) is 16.1 Å². The van der Waals surface area contributed by atoms with Gasteiger partial charge in [0.15, 0.2) is 5.84 Å². The van der Waals surface area contributed by atoms with Crippen molar-refractivity contribution in [3.8, 4) is 5.75 Å². The second kappa shape index (κ2) is 8.06. The zero-order valence-electron chi connectivity index (χ0n) is 15.1. The molecule has 2 aliphatic heterocycles. The summed E-state index contributed by atoms with van der Waals surface area (Å²) < 4.78 is 5.63. The highest BCUT2D eigenvalue weighted by molar-refractivity contribution is 8.27. The molecule has 6 nitrogen and oxygen atoms in total. The van der Waals surface area contributed by atoms with Crippen LogP contribution in [0, 0.1) is 5.41 Å².